The number of aromatic nitrogens is 2. The van der Waals surface area contributed by atoms with Crippen molar-refractivity contribution in [2.45, 2.75) is 24.8 Å². The Labute approximate surface area is 178 Å². The number of carbonyl (C=O) groups excluding carboxylic acids is 1. The summed E-state index contributed by atoms with van der Waals surface area (Å²) in [6, 6.07) is 12.2. The standard InChI is InChI=1S/C25H23N3O3/c1-27-18-12-16-19(29)9-5-8-15-20-14-7-4-3-6-13(14)10-11-17(20)26-23(21(15)16)22(18)24(30)28(2)25(27)31/h3-8,10-11,15-16,21,23,26H,9,12H2,1-2H3/t15-,16-,21+,23+/m1/s1. The van der Waals surface area contributed by atoms with E-state index >= 15 is 0 Å². The molecule has 0 fully saturated rings. The van der Waals surface area contributed by atoms with Crippen LogP contribution in [0.3, 0.4) is 0 Å². The van der Waals surface area contributed by atoms with Crippen molar-refractivity contribution in [3.63, 3.8) is 0 Å². The maximum Gasteiger partial charge on any atom is 0.330 e. The maximum absolute atomic E-state index is 13.3. The van der Waals surface area contributed by atoms with Gasteiger partial charge in [-0.05, 0) is 28.8 Å². The van der Waals surface area contributed by atoms with Gasteiger partial charge in [0.15, 0.2) is 0 Å². The lowest BCUT2D eigenvalue weighted by atomic mass is 9.63. The lowest BCUT2D eigenvalue weighted by Crippen LogP contribution is -2.50. The number of nitrogens with one attached hydrogen (secondary N) is 1. The summed E-state index contributed by atoms with van der Waals surface area (Å²) in [4.78, 5) is 39.0. The van der Waals surface area contributed by atoms with Crippen LogP contribution in [0.5, 0.6) is 0 Å². The molecule has 0 spiro atoms. The Bertz CT molecular complexity index is 1430. The van der Waals surface area contributed by atoms with Crippen LogP contribution in [0.2, 0.25) is 0 Å². The quantitative estimate of drug-likeness (QED) is 0.575. The number of anilines is 1. The summed E-state index contributed by atoms with van der Waals surface area (Å²) in [6.07, 6.45) is 4.97. The maximum atomic E-state index is 13.3. The number of Topliss-reactive ketones (excluding diaryl/α,β-unsaturated/α-hetero) is 1. The van der Waals surface area contributed by atoms with Crippen molar-refractivity contribution < 1.29 is 4.79 Å². The van der Waals surface area contributed by atoms with Gasteiger partial charge in [0.05, 0.1) is 11.6 Å². The van der Waals surface area contributed by atoms with E-state index in [1.54, 1.807) is 11.6 Å². The fourth-order valence-electron chi connectivity index (χ4n) is 6.04. The highest BCUT2D eigenvalue weighted by atomic mass is 16.2. The van der Waals surface area contributed by atoms with Crippen LogP contribution in [0.15, 0.2) is 58.1 Å². The first-order valence-electron chi connectivity index (χ1n) is 10.7. The Kier molecular flexibility index (Phi) is 3.73. The van der Waals surface area contributed by atoms with E-state index in [0.29, 0.717) is 24.1 Å². The average molecular weight is 413 g/mol. The monoisotopic (exact) mass is 413 g/mol. The Hall–Kier alpha value is -3.41. The van der Waals surface area contributed by atoms with E-state index in [1.165, 1.54) is 22.6 Å². The number of ketones is 1. The van der Waals surface area contributed by atoms with E-state index < -0.39 is 0 Å². The van der Waals surface area contributed by atoms with E-state index in [4.69, 9.17) is 0 Å². The first-order valence-corrected chi connectivity index (χ1v) is 10.7. The Morgan fingerprint density at radius 3 is 2.61 bits per heavy atom. The molecule has 0 unspecified atom stereocenters. The lowest BCUT2D eigenvalue weighted by Gasteiger charge is -2.46. The molecule has 6 heteroatoms. The SMILES string of the molecule is Cn1c2c(c(=O)n(C)c1=O)[C@H]1Nc3ccc4ccccc4c3[C@H]3C=CCC(=O)[C@@H](C2)[C@H]31. The third-order valence-corrected chi connectivity index (χ3v) is 7.50. The van der Waals surface area contributed by atoms with Crippen LogP contribution in [0.25, 0.3) is 10.8 Å². The number of hydrogen-bond donors (Lipinski definition) is 1. The van der Waals surface area contributed by atoms with Crippen molar-refractivity contribution in [1.29, 1.82) is 0 Å². The highest BCUT2D eigenvalue weighted by Gasteiger charge is 2.50. The number of carbonyl (C=O) groups is 1. The van der Waals surface area contributed by atoms with E-state index in [2.05, 4.69) is 35.7 Å². The van der Waals surface area contributed by atoms with Crippen LogP contribution < -0.4 is 16.6 Å². The summed E-state index contributed by atoms with van der Waals surface area (Å²) >= 11 is 0. The molecular formula is C25H23N3O3. The molecule has 6 nitrogen and oxygen atoms in total. The van der Waals surface area contributed by atoms with Gasteiger partial charge in [0, 0.05) is 49.7 Å². The fourth-order valence-corrected chi connectivity index (χ4v) is 6.04. The number of fused-ring (bicyclic) bond motifs is 6. The second kappa shape index (κ2) is 6.30. The molecule has 0 bridgehead atoms. The fraction of sp³-hybridized carbons (Fsp3) is 0.320. The van der Waals surface area contributed by atoms with E-state index in [1.807, 2.05) is 18.2 Å². The van der Waals surface area contributed by atoms with Crippen LogP contribution >= 0.6 is 0 Å². The van der Waals surface area contributed by atoms with E-state index in [0.717, 1.165) is 11.1 Å². The van der Waals surface area contributed by atoms with Crippen molar-refractivity contribution >= 4 is 22.2 Å². The Balaban J connectivity index is 1.68. The molecule has 1 aromatic heterocycles. The minimum Gasteiger partial charge on any atom is -0.377 e. The average Bonchev–Trinajstić information content (AvgIpc) is 2.95. The zero-order chi connectivity index (χ0) is 21.4. The molecule has 1 aliphatic heterocycles. The van der Waals surface area contributed by atoms with Crippen LogP contribution in [0.1, 0.15) is 35.2 Å². The predicted octanol–water partition coefficient (Wildman–Crippen LogP) is 2.81. The summed E-state index contributed by atoms with van der Waals surface area (Å²) in [5.74, 6) is -0.103. The van der Waals surface area contributed by atoms with Gasteiger partial charge in [-0.25, -0.2) is 4.79 Å². The van der Waals surface area contributed by atoms with Gasteiger partial charge in [-0.3, -0.25) is 14.2 Å². The number of benzene rings is 2. The molecule has 0 radical (unpaired) electrons. The molecule has 3 aromatic rings. The Morgan fingerprint density at radius 1 is 0.968 bits per heavy atom. The van der Waals surface area contributed by atoms with Crippen molar-refractivity contribution in [3.8, 4) is 0 Å². The van der Waals surface area contributed by atoms with Crippen LogP contribution in [0.4, 0.5) is 5.69 Å². The first kappa shape index (κ1) is 18.4. The number of hydrogen-bond acceptors (Lipinski definition) is 4. The second-order valence-corrected chi connectivity index (χ2v) is 8.95. The summed E-state index contributed by atoms with van der Waals surface area (Å²) in [5, 5.41) is 5.96. The highest BCUT2D eigenvalue weighted by molar-refractivity contribution is 5.93. The van der Waals surface area contributed by atoms with Crippen molar-refractivity contribution in [2.75, 3.05) is 5.32 Å². The molecule has 2 heterocycles. The summed E-state index contributed by atoms with van der Waals surface area (Å²) in [7, 11) is 3.22. The highest BCUT2D eigenvalue weighted by Crippen LogP contribution is 2.54. The van der Waals surface area contributed by atoms with Gasteiger partial charge in [0.25, 0.3) is 5.56 Å². The third-order valence-electron chi connectivity index (χ3n) is 7.50. The molecule has 3 aliphatic rings. The van der Waals surface area contributed by atoms with E-state index in [9.17, 15) is 14.4 Å². The molecule has 31 heavy (non-hydrogen) atoms. The molecule has 2 aliphatic carbocycles. The van der Waals surface area contributed by atoms with Crippen LogP contribution in [-0.4, -0.2) is 14.9 Å². The molecule has 1 N–H and O–H groups in total. The smallest absolute Gasteiger partial charge is 0.330 e. The molecule has 0 saturated carbocycles. The lowest BCUT2D eigenvalue weighted by molar-refractivity contribution is -0.124. The molecule has 0 saturated heterocycles. The Morgan fingerprint density at radius 2 is 1.77 bits per heavy atom. The molecule has 4 atom stereocenters. The zero-order valence-electron chi connectivity index (χ0n) is 17.5. The van der Waals surface area contributed by atoms with Gasteiger partial charge >= 0.3 is 5.69 Å². The largest absolute Gasteiger partial charge is 0.377 e. The second-order valence-electron chi connectivity index (χ2n) is 8.95. The van der Waals surface area contributed by atoms with Crippen molar-refractivity contribution in [2.24, 2.45) is 25.9 Å². The number of allylic oxidation sites excluding steroid dienone is 2. The molecule has 0 amide bonds. The van der Waals surface area contributed by atoms with Crippen molar-refractivity contribution in [1.82, 2.24) is 9.13 Å². The van der Waals surface area contributed by atoms with Gasteiger partial charge < -0.3 is 9.88 Å². The van der Waals surface area contributed by atoms with Crippen LogP contribution in [0, 0.1) is 11.8 Å². The summed E-state index contributed by atoms with van der Waals surface area (Å²) in [6.45, 7) is 0. The topological polar surface area (TPSA) is 73.1 Å². The minimum absolute atomic E-state index is 0.0268. The molecule has 2 aromatic carbocycles. The van der Waals surface area contributed by atoms with Gasteiger partial charge in [0.2, 0.25) is 0 Å². The first-order chi connectivity index (χ1) is 15.0. The van der Waals surface area contributed by atoms with Crippen molar-refractivity contribution in [3.05, 3.63) is 86.2 Å². The number of rotatable bonds is 0. The van der Waals surface area contributed by atoms with Gasteiger partial charge in [0.1, 0.15) is 5.78 Å². The summed E-state index contributed by atoms with van der Waals surface area (Å²) in [5.41, 5.74) is 2.88. The zero-order valence-corrected chi connectivity index (χ0v) is 17.5. The summed E-state index contributed by atoms with van der Waals surface area (Å²) < 4.78 is 2.73. The van der Waals surface area contributed by atoms with Gasteiger partial charge in [-0.2, -0.15) is 0 Å². The van der Waals surface area contributed by atoms with Crippen LogP contribution in [-0.2, 0) is 25.3 Å². The third kappa shape index (κ3) is 2.36. The van der Waals surface area contributed by atoms with E-state index in [-0.39, 0.29) is 40.8 Å². The molecular weight excluding hydrogens is 390 g/mol. The van der Waals surface area contributed by atoms with Gasteiger partial charge in [-0.1, -0.05) is 42.5 Å². The number of nitrogens with zero attached hydrogens (tertiary/aromatic N) is 2. The predicted molar refractivity (Wildman–Crippen MR) is 119 cm³/mol. The molecule has 156 valence electrons. The molecule has 6 rings (SSSR count). The minimum atomic E-state index is -0.347. The normalized spacial score (nSPS) is 25.9. The van der Waals surface area contributed by atoms with Gasteiger partial charge in [-0.15, -0.1) is 0 Å².